The summed E-state index contributed by atoms with van der Waals surface area (Å²) in [6.07, 6.45) is 0.249. The van der Waals surface area contributed by atoms with Crippen molar-refractivity contribution in [2.75, 3.05) is 19.0 Å². The fraction of sp³-hybridized carbons (Fsp3) is 0.333. The molecule has 1 aliphatic rings. The molecule has 1 aliphatic heterocycles. The van der Waals surface area contributed by atoms with Gasteiger partial charge in [0.25, 0.3) is 0 Å². The molecule has 5 heteroatoms. The number of rotatable bonds is 8. The molecule has 0 spiro atoms. The minimum absolute atomic E-state index is 0.270. The molecule has 32 heavy (non-hydrogen) atoms. The molecule has 1 N–H and O–H groups in total. The molecule has 0 amide bonds. The SMILES string of the molecule is CNc1ccc2c(c1)C(OCCc1ccccc1)C(OCc1ccccc1Cl)C(C)(C)O2. The lowest BCUT2D eigenvalue weighted by Gasteiger charge is -2.44. The molecule has 0 radical (unpaired) electrons. The van der Waals surface area contributed by atoms with Gasteiger partial charge < -0.3 is 19.5 Å². The third kappa shape index (κ3) is 5.09. The van der Waals surface area contributed by atoms with E-state index in [0.29, 0.717) is 18.2 Å². The van der Waals surface area contributed by atoms with Gasteiger partial charge in [0.1, 0.15) is 23.6 Å². The Morgan fingerprint density at radius 3 is 2.47 bits per heavy atom. The van der Waals surface area contributed by atoms with Crippen molar-refractivity contribution < 1.29 is 14.2 Å². The summed E-state index contributed by atoms with van der Waals surface area (Å²) in [7, 11) is 1.91. The molecule has 0 aliphatic carbocycles. The van der Waals surface area contributed by atoms with E-state index in [2.05, 4.69) is 35.6 Å². The maximum absolute atomic E-state index is 6.51. The molecule has 3 aromatic rings. The molecule has 168 valence electrons. The molecular formula is C27H30ClNO3. The molecule has 4 nitrogen and oxygen atoms in total. The van der Waals surface area contributed by atoms with Crippen molar-refractivity contribution in [3.63, 3.8) is 0 Å². The van der Waals surface area contributed by atoms with Crippen LogP contribution in [-0.4, -0.2) is 25.4 Å². The standard InChI is InChI=1S/C27H30ClNO3/c1-27(2)26(31-18-20-11-7-8-12-23(20)28)25(30-16-15-19-9-5-4-6-10-19)22-17-21(29-3)13-14-24(22)32-27/h4-14,17,25-26,29H,15-16,18H2,1-3H3. The summed E-state index contributed by atoms with van der Waals surface area (Å²) in [5, 5.41) is 3.91. The number of benzene rings is 3. The number of ether oxygens (including phenoxy) is 3. The maximum Gasteiger partial charge on any atom is 0.132 e. The predicted molar refractivity (Wildman–Crippen MR) is 130 cm³/mol. The van der Waals surface area contributed by atoms with Crippen LogP contribution in [0.3, 0.4) is 0 Å². The Hall–Kier alpha value is -2.53. The summed E-state index contributed by atoms with van der Waals surface area (Å²) in [6.45, 7) is 5.07. The zero-order chi connectivity index (χ0) is 22.6. The Kier molecular flexibility index (Phi) is 7.04. The fourth-order valence-corrected chi connectivity index (χ4v) is 4.29. The van der Waals surface area contributed by atoms with Gasteiger partial charge in [0.05, 0.1) is 13.2 Å². The Labute approximate surface area is 195 Å². The van der Waals surface area contributed by atoms with Crippen LogP contribution in [0.5, 0.6) is 5.75 Å². The molecule has 2 unspecified atom stereocenters. The van der Waals surface area contributed by atoms with Gasteiger partial charge >= 0.3 is 0 Å². The van der Waals surface area contributed by atoms with E-state index in [1.807, 2.05) is 63.4 Å². The Balaban J connectivity index is 1.60. The van der Waals surface area contributed by atoms with Crippen LogP contribution in [0.4, 0.5) is 5.69 Å². The third-order valence-electron chi connectivity index (χ3n) is 5.85. The highest BCUT2D eigenvalue weighted by molar-refractivity contribution is 6.31. The van der Waals surface area contributed by atoms with E-state index in [9.17, 15) is 0 Å². The Morgan fingerprint density at radius 1 is 0.969 bits per heavy atom. The van der Waals surface area contributed by atoms with Gasteiger partial charge in [0.2, 0.25) is 0 Å². The molecule has 2 atom stereocenters. The number of hydrogen-bond donors (Lipinski definition) is 1. The molecule has 0 saturated carbocycles. The first kappa shape index (κ1) is 22.7. The van der Waals surface area contributed by atoms with E-state index in [0.717, 1.165) is 29.0 Å². The molecule has 0 saturated heterocycles. The maximum atomic E-state index is 6.51. The van der Waals surface area contributed by atoms with Gasteiger partial charge in [-0.05, 0) is 55.7 Å². The van der Waals surface area contributed by atoms with Crippen LogP contribution in [0, 0.1) is 0 Å². The van der Waals surface area contributed by atoms with E-state index in [1.54, 1.807) is 0 Å². The van der Waals surface area contributed by atoms with E-state index in [4.69, 9.17) is 25.8 Å². The van der Waals surface area contributed by atoms with Crippen molar-refractivity contribution in [2.45, 2.75) is 44.7 Å². The highest BCUT2D eigenvalue weighted by atomic mass is 35.5. The quantitative estimate of drug-likeness (QED) is 0.428. The van der Waals surface area contributed by atoms with Crippen LogP contribution in [0.15, 0.2) is 72.8 Å². The lowest BCUT2D eigenvalue weighted by Crippen LogP contribution is -2.51. The molecule has 3 aromatic carbocycles. The predicted octanol–water partition coefficient (Wildman–Crippen LogP) is 6.44. The van der Waals surface area contributed by atoms with Crippen LogP contribution < -0.4 is 10.1 Å². The van der Waals surface area contributed by atoms with E-state index in [1.165, 1.54) is 5.56 Å². The number of nitrogens with one attached hydrogen (secondary N) is 1. The lowest BCUT2D eigenvalue weighted by atomic mass is 9.87. The first-order valence-corrected chi connectivity index (χ1v) is 11.4. The van der Waals surface area contributed by atoms with Gasteiger partial charge in [-0.25, -0.2) is 0 Å². The van der Waals surface area contributed by atoms with Crippen LogP contribution in [0.2, 0.25) is 5.02 Å². The normalized spacial score (nSPS) is 19.1. The monoisotopic (exact) mass is 451 g/mol. The Bertz CT molecular complexity index is 1040. The average Bonchev–Trinajstić information content (AvgIpc) is 2.79. The van der Waals surface area contributed by atoms with Crippen molar-refractivity contribution in [3.8, 4) is 5.75 Å². The highest BCUT2D eigenvalue weighted by Crippen LogP contribution is 2.44. The second-order valence-corrected chi connectivity index (χ2v) is 8.97. The zero-order valence-electron chi connectivity index (χ0n) is 18.8. The van der Waals surface area contributed by atoms with Crippen LogP contribution >= 0.6 is 11.6 Å². The van der Waals surface area contributed by atoms with Crippen molar-refractivity contribution in [3.05, 3.63) is 94.5 Å². The van der Waals surface area contributed by atoms with Crippen LogP contribution in [0.25, 0.3) is 0 Å². The smallest absolute Gasteiger partial charge is 0.132 e. The third-order valence-corrected chi connectivity index (χ3v) is 6.21. The minimum atomic E-state index is -0.577. The number of fused-ring (bicyclic) bond motifs is 1. The van der Waals surface area contributed by atoms with Crippen LogP contribution in [-0.2, 0) is 22.5 Å². The molecule has 0 bridgehead atoms. The van der Waals surface area contributed by atoms with Gasteiger partial charge in [0.15, 0.2) is 0 Å². The first-order valence-electron chi connectivity index (χ1n) is 11.0. The summed E-state index contributed by atoms with van der Waals surface area (Å²) in [5.74, 6) is 0.830. The van der Waals surface area contributed by atoms with Crippen molar-refractivity contribution in [1.82, 2.24) is 0 Å². The van der Waals surface area contributed by atoms with Gasteiger partial charge in [-0.2, -0.15) is 0 Å². The zero-order valence-corrected chi connectivity index (χ0v) is 19.6. The summed E-state index contributed by atoms with van der Waals surface area (Å²) < 4.78 is 19.3. The van der Waals surface area contributed by atoms with Gasteiger partial charge in [-0.3, -0.25) is 0 Å². The van der Waals surface area contributed by atoms with E-state index in [-0.39, 0.29) is 12.2 Å². The van der Waals surface area contributed by atoms with E-state index >= 15 is 0 Å². The molecule has 0 aromatic heterocycles. The van der Waals surface area contributed by atoms with E-state index < -0.39 is 5.60 Å². The Morgan fingerprint density at radius 2 is 1.72 bits per heavy atom. The van der Waals surface area contributed by atoms with Crippen molar-refractivity contribution >= 4 is 17.3 Å². The lowest BCUT2D eigenvalue weighted by molar-refractivity contribution is -0.167. The second-order valence-electron chi connectivity index (χ2n) is 8.56. The number of anilines is 1. The highest BCUT2D eigenvalue weighted by Gasteiger charge is 2.45. The number of hydrogen-bond acceptors (Lipinski definition) is 4. The summed E-state index contributed by atoms with van der Waals surface area (Å²) in [5.41, 5.74) is 3.62. The van der Waals surface area contributed by atoms with Crippen molar-refractivity contribution in [1.29, 1.82) is 0 Å². The molecule has 4 rings (SSSR count). The van der Waals surface area contributed by atoms with Crippen LogP contribution in [0.1, 0.15) is 36.6 Å². The first-order chi connectivity index (χ1) is 15.5. The minimum Gasteiger partial charge on any atom is -0.485 e. The summed E-state index contributed by atoms with van der Waals surface area (Å²) >= 11 is 6.37. The molecule has 1 heterocycles. The van der Waals surface area contributed by atoms with Gasteiger partial charge in [-0.15, -0.1) is 0 Å². The second kappa shape index (κ2) is 9.95. The average molecular weight is 452 g/mol. The largest absolute Gasteiger partial charge is 0.485 e. The summed E-state index contributed by atoms with van der Waals surface area (Å²) in [6, 6.07) is 24.2. The molecule has 0 fully saturated rings. The topological polar surface area (TPSA) is 39.7 Å². The summed E-state index contributed by atoms with van der Waals surface area (Å²) in [4.78, 5) is 0. The fourth-order valence-electron chi connectivity index (χ4n) is 4.10. The number of halogens is 1. The van der Waals surface area contributed by atoms with Crippen molar-refractivity contribution in [2.24, 2.45) is 0 Å². The molecular weight excluding hydrogens is 422 g/mol. The van der Waals surface area contributed by atoms with Gasteiger partial charge in [0, 0.05) is 23.3 Å². The van der Waals surface area contributed by atoms with Gasteiger partial charge in [-0.1, -0.05) is 60.1 Å².